The minimum Gasteiger partial charge on any atom is -0.384 e. The van der Waals surface area contributed by atoms with E-state index in [1.165, 1.54) is 19.3 Å². The van der Waals surface area contributed by atoms with Crippen molar-refractivity contribution in [2.24, 2.45) is 5.41 Å². The minimum absolute atomic E-state index is 0.304. The van der Waals surface area contributed by atoms with Crippen LogP contribution in [0.15, 0.2) is 6.07 Å². The predicted octanol–water partition coefficient (Wildman–Crippen LogP) is 2.78. The maximum atomic E-state index is 5.79. The minimum atomic E-state index is 0.304. The van der Waals surface area contributed by atoms with Crippen molar-refractivity contribution < 1.29 is 0 Å². The van der Waals surface area contributed by atoms with Gasteiger partial charge >= 0.3 is 0 Å². The summed E-state index contributed by atoms with van der Waals surface area (Å²) >= 11 is 0. The zero-order chi connectivity index (χ0) is 12.5. The Hall–Kier alpha value is -1.32. The molecule has 0 aliphatic heterocycles. The molecule has 1 saturated carbocycles. The van der Waals surface area contributed by atoms with Crippen LogP contribution in [0.5, 0.6) is 0 Å². The molecule has 2 rings (SSSR count). The molecular formula is C13H22N4. The van der Waals surface area contributed by atoms with Crippen LogP contribution < -0.4 is 11.1 Å². The smallest absolute Gasteiger partial charge is 0.135 e. The third-order valence-corrected chi connectivity index (χ3v) is 3.54. The number of anilines is 2. The normalized spacial score (nSPS) is 17.9. The van der Waals surface area contributed by atoms with Crippen LogP contribution in [0, 0.1) is 5.41 Å². The fourth-order valence-corrected chi connectivity index (χ4v) is 2.10. The summed E-state index contributed by atoms with van der Waals surface area (Å²) in [6.07, 6.45) is 3.95. The number of nitrogens with one attached hydrogen (secondary N) is 1. The highest BCUT2D eigenvalue weighted by molar-refractivity contribution is 5.45. The zero-order valence-corrected chi connectivity index (χ0v) is 11.0. The van der Waals surface area contributed by atoms with Crippen LogP contribution >= 0.6 is 0 Å². The van der Waals surface area contributed by atoms with Gasteiger partial charge in [0, 0.05) is 18.5 Å². The summed E-state index contributed by atoms with van der Waals surface area (Å²) in [5.74, 6) is 2.52. The Labute approximate surface area is 103 Å². The first-order chi connectivity index (χ1) is 7.98. The third-order valence-electron chi connectivity index (χ3n) is 3.54. The molecule has 3 N–H and O–H groups in total. The van der Waals surface area contributed by atoms with Gasteiger partial charge < -0.3 is 11.1 Å². The van der Waals surface area contributed by atoms with E-state index in [2.05, 4.69) is 36.1 Å². The molecule has 0 bridgehead atoms. The molecule has 0 saturated heterocycles. The molecule has 94 valence electrons. The van der Waals surface area contributed by atoms with E-state index in [1.807, 2.05) is 6.07 Å². The summed E-state index contributed by atoms with van der Waals surface area (Å²) in [6, 6.07) is 1.81. The molecule has 0 unspecified atom stereocenters. The Morgan fingerprint density at radius 3 is 2.65 bits per heavy atom. The number of nitrogens with two attached hydrogens (primary N) is 1. The fraction of sp³-hybridized carbons (Fsp3) is 0.692. The van der Waals surface area contributed by atoms with Crippen molar-refractivity contribution in [2.45, 2.75) is 46.0 Å². The molecule has 1 fully saturated rings. The van der Waals surface area contributed by atoms with E-state index in [1.54, 1.807) is 0 Å². The standard InChI is InChI=1S/C13H22N4/c1-9(2)12-16-10(14)7-11(17-12)15-8-13(3)5-4-6-13/h7,9H,4-6,8H2,1-3H3,(H3,14,15,16,17). The van der Waals surface area contributed by atoms with Gasteiger partial charge in [0.25, 0.3) is 0 Å². The summed E-state index contributed by atoms with van der Waals surface area (Å²) in [7, 11) is 0. The van der Waals surface area contributed by atoms with Crippen molar-refractivity contribution in [3.05, 3.63) is 11.9 Å². The molecule has 4 heteroatoms. The summed E-state index contributed by atoms with van der Waals surface area (Å²) < 4.78 is 0. The van der Waals surface area contributed by atoms with Crippen molar-refractivity contribution in [2.75, 3.05) is 17.6 Å². The van der Waals surface area contributed by atoms with Crippen LogP contribution in [0.1, 0.15) is 51.8 Å². The monoisotopic (exact) mass is 234 g/mol. The number of rotatable bonds is 4. The Balaban J connectivity index is 2.04. The lowest BCUT2D eigenvalue weighted by atomic mass is 9.70. The van der Waals surface area contributed by atoms with Crippen molar-refractivity contribution in [3.63, 3.8) is 0 Å². The van der Waals surface area contributed by atoms with Crippen LogP contribution in [0.4, 0.5) is 11.6 Å². The second-order valence-electron chi connectivity index (χ2n) is 5.71. The molecule has 1 aliphatic rings. The van der Waals surface area contributed by atoms with Crippen LogP contribution in [0.3, 0.4) is 0 Å². The van der Waals surface area contributed by atoms with Crippen LogP contribution in [0.25, 0.3) is 0 Å². The highest BCUT2D eigenvalue weighted by atomic mass is 15.1. The molecule has 0 spiro atoms. The van der Waals surface area contributed by atoms with Gasteiger partial charge in [0.1, 0.15) is 17.5 Å². The van der Waals surface area contributed by atoms with Gasteiger partial charge in [0.2, 0.25) is 0 Å². The molecule has 1 aliphatic carbocycles. The van der Waals surface area contributed by atoms with Crippen LogP contribution in [-0.2, 0) is 0 Å². The molecule has 0 amide bonds. The number of nitrogens with zero attached hydrogens (tertiary/aromatic N) is 2. The van der Waals surface area contributed by atoms with E-state index in [0.29, 0.717) is 17.2 Å². The summed E-state index contributed by atoms with van der Waals surface area (Å²) in [4.78, 5) is 8.73. The number of hydrogen-bond donors (Lipinski definition) is 2. The highest BCUT2D eigenvalue weighted by Gasteiger charge is 2.31. The molecular weight excluding hydrogens is 212 g/mol. The molecule has 17 heavy (non-hydrogen) atoms. The Kier molecular flexibility index (Phi) is 3.22. The van der Waals surface area contributed by atoms with Crippen LogP contribution in [-0.4, -0.2) is 16.5 Å². The lowest BCUT2D eigenvalue weighted by Gasteiger charge is -2.38. The van der Waals surface area contributed by atoms with E-state index < -0.39 is 0 Å². The number of aromatic nitrogens is 2. The first-order valence-electron chi connectivity index (χ1n) is 6.37. The van der Waals surface area contributed by atoms with Gasteiger partial charge in [-0.05, 0) is 18.3 Å². The quantitative estimate of drug-likeness (QED) is 0.840. The Morgan fingerprint density at radius 1 is 1.41 bits per heavy atom. The SMILES string of the molecule is CC(C)c1nc(N)cc(NCC2(C)CCC2)n1. The second kappa shape index (κ2) is 4.51. The first-order valence-corrected chi connectivity index (χ1v) is 6.37. The van der Waals surface area contributed by atoms with Crippen molar-refractivity contribution in [1.82, 2.24) is 9.97 Å². The highest BCUT2D eigenvalue weighted by Crippen LogP contribution is 2.40. The van der Waals surface area contributed by atoms with Gasteiger partial charge in [-0.2, -0.15) is 0 Å². The summed E-state index contributed by atoms with van der Waals surface area (Å²) in [5.41, 5.74) is 6.23. The average molecular weight is 234 g/mol. The van der Waals surface area contributed by atoms with Crippen molar-refractivity contribution >= 4 is 11.6 Å². The van der Waals surface area contributed by atoms with Gasteiger partial charge in [-0.1, -0.05) is 27.2 Å². The number of nitrogen functional groups attached to an aromatic ring is 1. The summed E-state index contributed by atoms with van der Waals surface area (Å²) in [6.45, 7) is 7.44. The van der Waals surface area contributed by atoms with Crippen LogP contribution in [0.2, 0.25) is 0 Å². The average Bonchev–Trinajstić information content (AvgIpc) is 2.23. The largest absolute Gasteiger partial charge is 0.384 e. The molecule has 0 atom stereocenters. The van der Waals surface area contributed by atoms with Gasteiger partial charge in [-0.15, -0.1) is 0 Å². The lowest BCUT2D eigenvalue weighted by molar-refractivity contribution is 0.180. The van der Waals surface area contributed by atoms with Gasteiger partial charge in [0.15, 0.2) is 0 Å². The lowest BCUT2D eigenvalue weighted by Crippen LogP contribution is -2.33. The van der Waals surface area contributed by atoms with E-state index >= 15 is 0 Å². The van der Waals surface area contributed by atoms with Gasteiger partial charge in [0.05, 0.1) is 0 Å². The zero-order valence-electron chi connectivity index (χ0n) is 11.0. The van der Waals surface area contributed by atoms with E-state index in [9.17, 15) is 0 Å². The molecule has 1 aromatic heterocycles. The van der Waals surface area contributed by atoms with Gasteiger partial charge in [-0.25, -0.2) is 9.97 Å². The summed E-state index contributed by atoms with van der Waals surface area (Å²) in [5, 5.41) is 3.39. The maximum Gasteiger partial charge on any atom is 0.135 e. The molecule has 0 radical (unpaired) electrons. The molecule has 1 aromatic rings. The van der Waals surface area contributed by atoms with Crippen molar-refractivity contribution in [3.8, 4) is 0 Å². The van der Waals surface area contributed by atoms with E-state index in [-0.39, 0.29) is 0 Å². The maximum absolute atomic E-state index is 5.79. The molecule has 0 aromatic carbocycles. The molecule has 1 heterocycles. The second-order valence-corrected chi connectivity index (χ2v) is 5.71. The predicted molar refractivity (Wildman–Crippen MR) is 71.0 cm³/mol. The topological polar surface area (TPSA) is 63.8 Å². The third kappa shape index (κ3) is 2.87. The first kappa shape index (κ1) is 12.1. The number of hydrogen-bond acceptors (Lipinski definition) is 4. The van der Waals surface area contributed by atoms with E-state index in [4.69, 9.17) is 5.73 Å². The van der Waals surface area contributed by atoms with E-state index in [0.717, 1.165) is 18.2 Å². The van der Waals surface area contributed by atoms with Gasteiger partial charge in [-0.3, -0.25) is 0 Å². The Bertz CT molecular complexity index is 396. The van der Waals surface area contributed by atoms with Crippen molar-refractivity contribution in [1.29, 1.82) is 0 Å². The molecule has 4 nitrogen and oxygen atoms in total. The fourth-order valence-electron chi connectivity index (χ4n) is 2.10. The Morgan fingerprint density at radius 2 is 2.12 bits per heavy atom.